The van der Waals surface area contributed by atoms with Gasteiger partial charge in [0.1, 0.15) is 11.4 Å². The Balaban J connectivity index is 2.05. The molecule has 0 N–H and O–H groups in total. The zero-order valence-electron chi connectivity index (χ0n) is 11.5. The molecular formula is C15H18O4S. The Morgan fingerprint density at radius 2 is 1.85 bits per heavy atom. The molecule has 1 fully saturated rings. The molecule has 1 heterocycles. The summed E-state index contributed by atoms with van der Waals surface area (Å²) in [4.78, 5) is 0. The molecule has 0 bridgehead atoms. The number of para-hydroxylation sites is 1. The summed E-state index contributed by atoms with van der Waals surface area (Å²) in [7, 11) is -3.55. The van der Waals surface area contributed by atoms with Crippen molar-refractivity contribution in [1.29, 1.82) is 0 Å². The van der Waals surface area contributed by atoms with Crippen LogP contribution in [0, 0.1) is 0 Å². The van der Waals surface area contributed by atoms with Crippen LogP contribution in [0.5, 0.6) is 5.75 Å². The maximum Gasteiger partial charge on any atom is 0.306 e. The molecule has 0 radical (unpaired) electrons. The Labute approximate surface area is 119 Å². The van der Waals surface area contributed by atoms with Crippen LogP contribution in [0.4, 0.5) is 0 Å². The van der Waals surface area contributed by atoms with Gasteiger partial charge >= 0.3 is 10.1 Å². The first-order valence-corrected chi connectivity index (χ1v) is 8.70. The zero-order chi connectivity index (χ0) is 14.2. The molecule has 3 rings (SSSR count). The van der Waals surface area contributed by atoms with Crippen LogP contribution in [-0.2, 0) is 14.3 Å². The fourth-order valence-corrected chi connectivity index (χ4v) is 3.42. The maximum absolute atomic E-state index is 11.5. The van der Waals surface area contributed by atoms with Crippen molar-refractivity contribution in [1.82, 2.24) is 0 Å². The first-order valence-electron chi connectivity index (χ1n) is 6.88. The van der Waals surface area contributed by atoms with Gasteiger partial charge in [-0.2, -0.15) is 8.42 Å². The second kappa shape index (κ2) is 4.81. The molecule has 108 valence electrons. The summed E-state index contributed by atoms with van der Waals surface area (Å²) in [6, 6.07) is 7.42. The van der Waals surface area contributed by atoms with Gasteiger partial charge in [0.25, 0.3) is 0 Å². The summed E-state index contributed by atoms with van der Waals surface area (Å²) in [6.07, 6.45) is 8.10. The number of hydrogen-bond acceptors (Lipinski definition) is 4. The van der Waals surface area contributed by atoms with E-state index in [1.807, 2.05) is 30.3 Å². The molecule has 1 aromatic rings. The number of rotatable bonds is 2. The zero-order valence-corrected chi connectivity index (χ0v) is 12.3. The monoisotopic (exact) mass is 294 g/mol. The number of benzene rings is 1. The highest BCUT2D eigenvalue weighted by molar-refractivity contribution is 7.86. The van der Waals surface area contributed by atoms with E-state index in [1.54, 1.807) is 0 Å². The van der Waals surface area contributed by atoms with Gasteiger partial charge in [-0.3, -0.25) is 0 Å². The van der Waals surface area contributed by atoms with E-state index in [0.29, 0.717) is 17.1 Å². The molecular weight excluding hydrogens is 276 g/mol. The lowest BCUT2D eigenvalue weighted by atomic mass is 9.82. The SMILES string of the molecule is CS(=O)(=O)OC1=CC2(CCCCC2)Oc2ccccc21. The van der Waals surface area contributed by atoms with Crippen LogP contribution in [0.25, 0.3) is 5.76 Å². The van der Waals surface area contributed by atoms with Gasteiger partial charge in [-0.15, -0.1) is 0 Å². The molecule has 4 nitrogen and oxygen atoms in total. The molecule has 0 aromatic heterocycles. The van der Waals surface area contributed by atoms with Crippen LogP contribution in [0.1, 0.15) is 37.7 Å². The topological polar surface area (TPSA) is 52.6 Å². The molecule has 1 aromatic carbocycles. The van der Waals surface area contributed by atoms with Crippen LogP contribution in [0.15, 0.2) is 30.3 Å². The molecule has 1 saturated carbocycles. The number of fused-ring (bicyclic) bond motifs is 1. The molecule has 20 heavy (non-hydrogen) atoms. The molecule has 2 aliphatic rings. The Kier molecular flexibility index (Phi) is 3.24. The predicted octanol–water partition coefficient (Wildman–Crippen LogP) is 3.10. The highest BCUT2D eigenvalue weighted by Gasteiger charge is 2.38. The lowest BCUT2D eigenvalue weighted by Gasteiger charge is -2.39. The van der Waals surface area contributed by atoms with Gasteiger partial charge in [-0.1, -0.05) is 18.6 Å². The second-order valence-corrected chi connectivity index (χ2v) is 7.09. The van der Waals surface area contributed by atoms with Crippen LogP contribution in [-0.4, -0.2) is 20.3 Å². The van der Waals surface area contributed by atoms with E-state index >= 15 is 0 Å². The van der Waals surface area contributed by atoms with Gasteiger partial charge in [0.05, 0.1) is 11.8 Å². The summed E-state index contributed by atoms with van der Waals surface area (Å²) in [5.41, 5.74) is 0.293. The minimum Gasteiger partial charge on any atom is -0.482 e. The standard InChI is InChI=1S/C15H18O4S/c1-20(16,17)19-14-11-15(9-5-2-6-10-15)18-13-8-4-3-7-12(13)14/h3-4,7-8,11H,2,5-6,9-10H2,1H3. The van der Waals surface area contributed by atoms with Crippen molar-refractivity contribution in [3.63, 3.8) is 0 Å². The van der Waals surface area contributed by atoms with Gasteiger partial charge in [-0.05, 0) is 37.8 Å². The van der Waals surface area contributed by atoms with Crippen molar-refractivity contribution in [3.8, 4) is 5.75 Å². The van der Waals surface area contributed by atoms with E-state index in [2.05, 4.69) is 0 Å². The molecule has 1 aliphatic carbocycles. The fraction of sp³-hybridized carbons (Fsp3) is 0.467. The molecule has 1 aliphatic heterocycles. The summed E-state index contributed by atoms with van der Waals surface area (Å²) in [6.45, 7) is 0. The number of hydrogen-bond donors (Lipinski definition) is 0. The van der Waals surface area contributed by atoms with E-state index in [1.165, 1.54) is 6.42 Å². The average molecular weight is 294 g/mol. The Morgan fingerprint density at radius 1 is 1.15 bits per heavy atom. The predicted molar refractivity (Wildman–Crippen MR) is 76.8 cm³/mol. The first-order chi connectivity index (χ1) is 9.48. The van der Waals surface area contributed by atoms with Crippen molar-refractivity contribution >= 4 is 15.9 Å². The molecule has 0 amide bonds. The Morgan fingerprint density at radius 3 is 2.55 bits per heavy atom. The van der Waals surface area contributed by atoms with E-state index in [0.717, 1.165) is 31.9 Å². The largest absolute Gasteiger partial charge is 0.482 e. The third-order valence-electron chi connectivity index (χ3n) is 3.80. The maximum atomic E-state index is 11.5. The first kappa shape index (κ1) is 13.5. The van der Waals surface area contributed by atoms with E-state index in [-0.39, 0.29) is 0 Å². The summed E-state index contributed by atoms with van der Waals surface area (Å²) in [5, 5.41) is 0. The third kappa shape index (κ3) is 2.68. The van der Waals surface area contributed by atoms with Gasteiger partial charge in [0, 0.05) is 6.08 Å². The summed E-state index contributed by atoms with van der Waals surface area (Å²) < 4.78 is 34.3. The van der Waals surface area contributed by atoms with Gasteiger partial charge in [-0.25, -0.2) is 0 Å². The van der Waals surface area contributed by atoms with Crippen molar-refractivity contribution in [3.05, 3.63) is 35.9 Å². The minimum atomic E-state index is -3.55. The molecule has 1 spiro atoms. The van der Waals surface area contributed by atoms with E-state index < -0.39 is 15.7 Å². The lowest BCUT2D eigenvalue weighted by molar-refractivity contribution is 0.0723. The lowest BCUT2D eigenvalue weighted by Crippen LogP contribution is -2.38. The highest BCUT2D eigenvalue weighted by Crippen LogP contribution is 2.43. The van der Waals surface area contributed by atoms with Gasteiger partial charge < -0.3 is 8.92 Å². The van der Waals surface area contributed by atoms with Crippen LogP contribution in [0.3, 0.4) is 0 Å². The van der Waals surface area contributed by atoms with Crippen molar-refractivity contribution < 1.29 is 17.3 Å². The molecule has 0 saturated heterocycles. The Bertz CT molecular complexity index is 640. The van der Waals surface area contributed by atoms with Gasteiger partial charge in [0.15, 0.2) is 5.76 Å². The number of ether oxygens (including phenoxy) is 1. The molecule has 0 unspecified atom stereocenters. The van der Waals surface area contributed by atoms with Crippen molar-refractivity contribution in [2.75, 3.05) is 6.26 Å². The second-order valence-electron chi connectivity index (χ2n) is 5.52. The van der Waals surface area contributed by atoms with Crippen LogP contribution >= 0.6 is 0 Å². The fourth-order valence-electron chi connectivity index (χ4n) is 2.95. The summed E-state index contributed by atoms with van der Waals surface area (Å²) >= 11 is 0. The summed E-state index contributed by atoms with van der Waals surface area (Å²) in [5.74, 6) is 1.10. The smallest absolute Gasteiger partial charge is 0.306 e. The average Bonchev–Trinajstić information content (AvgIpc) is 2.37. The van der Waals surface area contributed by atoms with Crippen LogP contribution in [0.2, 0.25) is 0 Å². The van der Waals surface area contributed by atoms with Crippen molar-refractivity contribution in [2.24, 2.45) is 0 Å². The van der Waals surface area contributed by atoms with E-state index in [9.17, 15) is 8.42 Å². The molecule has 5 heteroatoms. The highest BCUT2D eigenvalue weighted by atomic mass is 32.2. The third-order valence-corrected chi connectivity index (χ3v) is 4.28. The van der Waals surface area contributed by atoms with Crippen molar-refractivity contribution in [2.45, 2.75) is 37.7 Å². The quantitative estimate of drug-likeness (QED) is 0.786. The normalized spacial score (nSPS) is 20.8. The minimum absolute atomic E-state index is 0.399. The van der Waals surface area contributed by atoms with E-state index in [4.69, 9.17) is 8.92 Å². The molecule has 0 atom stereocenters. The van der Waals surface area contributed by atoms with Gasteiger partial charge in [0.2, 0.25) is 0 Å². The van der Waals surface area contributed by atoms with Crippen LogP contribution < -0.4 is 4.74 Å². The Hall–Kier alpha value is -1.49.